The van der Waals surface area contributed by atoms with Crippen LogP contribution in [0.5, 0.6) is 5.75 Å². The number of aromatic nitrogens is 1. The molecular weight excluding hydrogens is 500 g/mol. The number of rotatable bonds is 10. The molecule has 0 saturated heterocycles. The highest BCUT2D eigenvalue weighted by Gasteiger charge is 2.20. The number of nitriles is 1. The average Bonchev–Trinajstić information content (AvgIpc) is 3.31. The number of thioether (sulfide) groups is 1. The van der Waals surface area contributed by atoms with E-state index in [1.54, 1.807) is 41.3 Å². The monoisotopic (exact) mass is 522 g/mol. The second-order valence-corrected chi connectivity index (χ2v) is 10.1. The summed E-state index contributed by atoms with van der Waals surface area (Å²) in [4.78, 5) is 18.8. The van der Waals surface area contributed by atoms with E-state index in [0.717, 1.165) is 11.8 Å². The van der Waals surface area contributed by atoms with Crippen molar-refractivity contribution in [3.05, 3.63) is 72.8 Å². The van der Waals surface area contributed by atoms with E-state index in [9.17, 15) is 13.2 Å². The van der Waals surface area contributed by atoms with Gasteiger partial charge in [-0.25, -0.2) is 13.4 Å². The van der Waals surface area contributed by atoms with Crippen LogP contribution in [0.25, 0.3) is 11.1 Å². The Morgan fingerprint density at radius 3 is 2.64 bits per heavy atom. The molecule has 36 heavy (non-hydrogen) atoms. The van der Waals surface area contributed by atoms with Crippen molar-refractivity contribution in [2.24, 2.45) is 0 Å². The number of benzene rings is 3. The molecule has 4 aromatic rings. The van der Waals surface area contributed by atoms with E-state index >= 15 is 0 Å². The van der Waals surface area contributed by atoms with Crippen LogP contribution in [0.3, 0.4) is 0 Å². The zero-order valence-corrected chi connectivity index (χ0v) is 20.9. The molecule has 0 spiro atoms. The first kappa shape index (κ1) is 25.1. The zero-order valence-electron chi connectivity index (χ0n) is 19.2. The third kappa shape index (κ3) is 5.79. The van der Waals surface area contributed by atoms with Crippen LogP contribution in [-0.4, -0.2) is 38.7 Å². The molecular formula is C25H22N4O5S2. The van der Waals surface area contributed by atoms with Gasteiger partial charge in [-0.3, -0.25) is 9.52 Å². The number of ether oxygens (including phenoxy) is 1. The second kappa shape index (κ2) is 11.2. The van der Waals surface area contributed by atoms with E-state index in [2.05, 4.69) is 15.8 Å². The van der Waals surface area contributed by atoms with Gasteiger partial charge in [-0.2, -0.15) is 5.26 Å². The summed E-state index contributed by atoms with van der Waals surface area (Å²) in [6.07, 6.45) is 0.203. The Labute approximate surface area is 212 Å². The fourth-order valence-electron chi connectivity index (χ4n) is 3.42. The standard InChI is InChI=1S/C25H22N4O5S2/c1-33-22-11-6-5-10-20(22)28-36(31,32)19-12-13-23-21(16-19)27-25(34-23)35-17-24(30)29(15-7-14-26)18-8-3-2-4-9-18/h2-6,8-13,16,28H,7,15,17H2,1H3. The number of methoxy groups -OCH3 is 1. The summed E-state index contributed by atoms with van der Waals surface area (Å²) in [6, 6.07) is 22.2. The second-order valence-electron chi connectivity index (χ2n) is 7.49. The minimum atomic E-state index is -3.91. The minimum Gasteiger partial charge on any atom is -0.495 e. The lowest BCUT2D eigenvalue weighted by Gasteiger charge is -2.21. The average molecular weight is 523 g/mol. The maximum atomic E-state index is 12.9. The molecule has 1 aromatic heterocycles. The van der Waals surface area contributed by atoms with E-state index in [1.807, 2.05) is 18.2 Å². The Kier molecular flexibility index (Phi) is 7.77. The molecule has 1 heterocycles. The lowest BCUT2D eigenvalue weighted by molar-refractivity contribution is -0.116. The molecule has 3 aromatic carbocycles. The van der Waals surface area contributed by atoms with Crippen LogP contribution in [0.1, 0.15) is 6.42 Å². The van der Waals surface area contributed by atoms with Gasteiger partial charge in [-0.1, -0.05) is 42.1 Å². The molecule has 184 valence electrons. The van der Waals surface area contributed by atoms with Gasteiger partial charge >= 0.3 is 0 Å². The Bertz CT molecular complexity index is 1510. The van der Waals surface area contributed by atoms with Crippen molar-refractivity contribution in [2.75, 3.05) is 29.0 Å². The molecule has 0 atom stereocenters. The summed E-state index contributed by atoms with van der Waals surface area (Å²) in [6.45, 7) is 0.272. The minimum absolute atomic E-state index is 0.00795. The normalized spacial score (nSPS) is 11.1. The zero-order chi connectivity index (χ0) is 25.5. The number of sulfonamides is 1. The molecule has 0 bridgehead atoms. The van der Waals surface area contributed by atoms with E-state index in [4.69, 9.17) is 14.4 Å². The Balaban J connectivity index is 1.49. The number of carbonyl (C=O) groups is 1. The van der Waals surface area contributed by atoms with Crippen LogP contribution in [0.15, 0.2) is 87.3 Å². The highest BCUT2D eigenvalue weighted by Crippen LogP contribution is 2.29. The van der Waals surface area contributed by atoms with E-state index in [-0.39, 0.29) is 34.7 Å². The van der Waals surface area contributed by atoms with Gasteiger partial charge in [-0.05, 0) is 42.5 Å². The lowest BCUT2D eigenvalue weighted by Crippen LogP contribution is -2.33. The molecule has 9 nitrogen and oxygen atoms in total. The van der Waals surface area contributed by atoms with Crippen molar-refractivity contribution in [2.45, 2.75) is 16.5 Å². The predicted molar refractivity (Wildman–Crippen MR) is 138 cm³/mol. The Morgan fingerprint density at radius 1 is 1.14 bits per heavy atom. The molecule has 0 saturated carbocycles. The highest BCUT2D eigenvalue weighted by atomic mass is 32.2. The fraction of sp³-hybridized carbons (Fsp3) is 0.160. The molecule has 0 aliphatic heterocycles. The summed E-state index contributed by atoms with van der Waals surface area (Å²) >= 11 is 1.10. The highest BCUT2D eigenvalue weighted by molar-refractivity contribution is 7.99. The molecule has 0 aliphatic rings. The van der Waals surface area contributed by atoms with Gasteiger partial charge in [0.1, 0.15) is 11.3 Å². The quantitative estimate of drug-likeness (QED) is 0.298. The molecule has 0 radical (unpaired) electrons. The summed E-state index contributed by atoms with van der Waals surface area (Å²) in [5, 5.41) is 9.18. The molecule has 1 amide bonds. The van der Waals surface area contributed by atoms with E-state index in [1.165, 1.54) is 25.3 Å². The molecule has 4 rings (SSSR count). The number of hydrogen-bond acceptors (Lipinski definition) is 8. The van der Waals surface area contributed by atoms with E-state index in [0.29, 0.717) is 28.2 Å². The molecule has 1 N–H and O–H groups in total. The SMILES string of the molecule is COc1ccccc1NS(=O)(=O)c1ccc2oc(SCC(=O)N(CCC#N)c3ccccc3)nc2c1. The third-order valence-corrected chi connectivity index (χ3v) is 7.31. The summed E-state index contributed by atoms with van der Waals surface area (Å²) in [7, 11) is -2.45. The number of para-hydroxylation sites is 3. The van der Waals surface area contributed by atoms with Gasteiger partial charge in [0, 0.05) is 12.2 Å². The maximum absolute atomic E-state index is 12.9. The van der Waals surface area contributed by atoms with Gasteiger partial charge in [0.05, 0.1) is 35.9 Å². The van der Waals surface area contributed by atoms with Gasteiger partial charge < -0.3 is 14.1 Å². The van der Waals surface area contributed by atoms with Crippen LogP contribution < -0.4 is 14.4 Å². The predicted octanol–water partition coefficient (Wildman–Crippen LogP) is 4.68. The number of nitrogens with one attached hydrogen (secondary N) is 1. The first-order valence-electron chi connectivity index (χ1n) is 10.8. The third-order valence-electron chi connectivity index (χ3n) is 5.14. The van der Waals surface area contributed by atoms with Crippen LogP contribution in [-0.2, 0) is 14.8 Å². The number of fused-ring (bicyclic) bond motifs is 1. The van der Waals surface area contributed by atoms with E-state index < -0.39 is 10.0 Å². The number of amides is 1. The molecule has 0 aliphatic carbocycles. The van der Waals surface area contributed by atoms with Crippen LogP contribution >= 0.6 is 11.8 Å². The Hall–Kier alpha value is -4.01. The van der Waals surface area contributed by atoms with Gasteiger partial charge in [0.25, 0.3) is 15.2 Å². The topological polar surface area (TPSA) is 126 Å². The van der Waals surface area contributed by atoms with Crippen molar-refractivity contribution >= 4 is 50.2 Å². The number of oxazole rings is 1. The number of carbonyl (C=O) groups excluding carboxylic acids is 1. The first-order valence-corrected chi connectivity index (χ1v) is 13.3. The largest absolute Gasteiger partial charge is 0.495 e. The first-order chi connectivity index (χ1) is 17.4. The Morgan fingerprint density at radius 2 is 1.89 bits per heavy atom. The van der Waals surface area contributed by atoms with Crippen LogP contribution in [0.2, 0.25) is 0 Å². The van der Waals surface area contributed by atoms with Crippen LogP contribution in [0, 0.1) is 11.3 Å². The summed E-state index contributed by atoms with van der Waals surface area (Å²) in [5.74, 6) is 0.229. The number of nitrogens with zero attached hydrogens (tertiary/aromatic N) is 3. The van der Waals surface area contributed by atoms with Gasteiger partial charge in [0.15, 0.2) is 5.58 Å². The lowest BCUT2D eigenvalue weighted by atomic mass is 10.2. The molecule has 0 fully saturated rings. The molecule has 0 unspecified atom stereocenters. The summed E-state index contributed by atoms with van der Waals surface area (Å²) < 4.78 is 39.3. The fourth-order valence-corrected chi connectivity index (χ4v) is 5.22. The van der Waals surface area contributed by atoms with Gasteiger partial charge in [-0.15, -0.1) is 0 Å². The number of hydrogen-bond donors (Lipinski definition) is 1. The van der Waals surface area contributed by atoms with Crippen molar-refractivity contribution in [3.63, 3.8) is 0 Å². The van der Waals surface area contributed by atoms with Crippen LogP contribution in [0.4, 0.5) is 11.4 Å². The molecule has 11 heteroatoms. The van der Waals surface area contributed by atoms with Crippen molar-refractivity contribution in [3.8, 4) is 11.8 Å². The summed E-state index contributed by atoms with van der Waals surface area (Å²) in [5.41, 5.74) is 1.76. The van der Waals surface area contributed by atoms with Gasteiger partial charge in [0.2, 0.25) is 5.91 Å². The smallest absolute Gasteiger partial charge is 0.262 e. The van der Waals surface area contributed by atoms with Crippen molar-refractivity contribution < 1.29 is 22.4 Å². The maximum Gasteiger partial charge on any atom is 0.262 e. The number of anilines is 2. The van der Waals surface area contributed by atoms with Crippen molar-refractivity contribution in [1.82, 2.24) is 4.98 Å². The van der Waals surface area contributed by atoms with Crippen molar-refractivity contribution in [1.29, 1.82) is 5.26 Å².